The Kier molecular flexibility index (Phi) is 7.07. The normalized spacial score (nSPS) is 13.6. The number of fused-ring (bicyclic) bond motifs is 2. The van der Waals surface area contributed by atoms with Gasteiger partial charge in [-0.3, -0.25) is 19.2 Å². The number of anilines is 2. The fourth-order valence-corrected chi connectivity index (χ4v) is 5.30. The number of rotatable bonds is 6. The second-order valence-electron chi connectivity index (χ2n) is 11.3. The fourth-order valence-electron chi connectivity index (χ4n) is 5.30. The number of likely N-dealkylation sites (N-methyl/N-ethyl adjacent to an activating group) is 1. The molecule has 1 aromatic carbocycles. The predicted molar refractivity (Wildman–Crippen MR) is 160 cm³/mol. The lowest BCUT2D eigenvalue weighted by Gasteiger charge is -2.22. The van der Waals surface area contributed by atoms with E-state index in [2.05, 4.69) is 36.6 Å². The largest absolute Gasteiger partial charge is 0.392 e. The molecule has 0 amide bonds. The SMILES string of the molecule is CN1CCn2nc(Nc3cc(-c4ccnc(-n5ncc6cc(C(C)(C)C#N)cc(F)c6c5=O)c4CO)nn(C)c3=O)cc2C1. The van der Waals surface area contributed by atoms with E-state index >= 15 is 4.39 Å². The van der Waals surface area contributed by atoms with Crippen LogP contribution in [0.15, 0.2) is 52.3 Å². The van der Waals surface area contributed by atoms with Gasteiger partial charge >= 0.3 is 0 Å². The molecule has 1 aliphatic heterocycles. The van der Waals surface area contributed by atoms with Gasteiger partial charge in [0, 0.05) is 48.9 Å². The first kappa shape index (κ1) is 28.8. The van der Waals surface area contributed by atoms with Crippen molar-refractivity contribution in [1.29, 1.82) is 5.26 Å². The maximum absolute atomic E-state index is 15.3. The van der Waals surface area contributed by atoms with Crippen LogP contribution in [0.5, 0.6) is 0 Å². The van der Waals surface area contributed by atoms with Crippen molar-refractivity contribution in [3.05, 3.63) is 86.1 Å². The molecule has 0 saturated carbocycles. The summed E-state index contributed by atoms with van der Waals surface area (Å²) in [6.07, 6.45) is 2.73. The van der Waals surface area contributed by atoms with Gasteiger partial charge in [-0.2, -0.15) is 25.2 Å². The summed E-state index contributed by atoms with van der Waals surface area (Å²) in [5.74, 6) is -0.307. The van der Waals surface area contributed by atoms with Crippen LogP contribution in [0, 0.1) is 17.1 Å². The van der Waals surface area contributed by atoms with Gasteiger partial charge in [-0.15, -0.1) is 0 Å². The summed E-state index contributed by atoms with van der Waals surface area (Å²) in [5, 5.41) is 36.2. The molecule has 0 saturated heterocycles. The predicted octanol–water partition coefficient (Wildman–Crippen LogP) is 2.36. The molecule has 224 valence electrons. The third kappa shape index (κ3) is 4.91. The fraction of sp³-hybridized carbons (Fsp3) is 0.300. The Morgan fingerprint density at radius 2 is 1.91 bits per heavy atom. The van der Waals surface area contributed by atoms with Gasteiger partial charge in [-0.05, 0) is 50.7 Å². The van der Waals surface area contributed by atoms with Crippen LogP contribution >= 0.6 is 0 Å². The summed E-state index contributed by atoms with van der Waals surface area (Å²) in [6, 6.07) is 9.89. The standard InChI is InChI=1S/C30H29FN10O3/c1-30(2,16-32)18-9-17-13-34-41(29(44)26(17)22(31)10-18)27-21(15-42)20(5-6-33-27)23-12-24(28(43)39(4)36-23)35-25-11-19-14-38(3)7-8-40(19)37-25/h5-6,9-13,42H,7-8,14-15H2,1-4H3,(H,35,37). The maximum Gasteiger partial charge on any atom is 0.290 e. The number of aryl methyl sites for hydroxylation is 1. The van der Waals surface area contributed by atoms with Crippen LogP contribution in [0.4, 0.5) is 15.9 Å². The maximum atomic E-state index is 15.3. The van der Waals surface area contributed by atoms with E-state index in [-0.39, 0.29) is 27.8 Å². The van der Waals surface area contributed by atoms with Crippen molar-refractivity contribution >= 4 is 22.3 Å². The lowest BCUT2D eigenvalue weighted by atomic mass is 9.85. The van der Waals surface area contributed by atoms with Crippen molar-refractivity contribution in [2.45, 2.75) is 39.0 Å². The molecule has 44 heavy (non-hydrogen) atoms. The molecule has 0 radical (unpaired) electrons. The van der Waals surface area contributed by atoms with E-state index in [1.54, 1.807) is 32.0 Å². The molecule has 5 aromatic rings. The van der Waals surface area contributed by atoms with E-state index in [9.17, 15) is 20.0 Å². The first-order valence-electron chi connectivity index (χ1n) is 13.8. The Bertz CT molecular complexity index is 2110. The van der Waals surface area contributed by atoms with Crippen LogP contribution in [0.2, 0.25) is 0 Å². The zero-order valence-corrected chi connectivity index (χ0v) is 24.5. The Morgan fingerprint density at radius 1 is 1.11 bits per heavy atom. The summed E-state index contributed by atoms with van der Waals surface area (Å²) in [6.45, 7) is 5.09. The number of halogens is 1. The molecule has 5 heterocycles. The summed E-state index contributed by atoms with van der Waals surface area (Å²) in [4.78, 5) is 33.0. The minimum Gasteiger partial charge on any atom is -0.392 e. The third-order valence-corrected chi connectivity index (χ3v) is 7.82. The Labute approximate surface area is 250 Å². The lowest BCUT2D eigenvalue weighted by Crippen LogP contribution is -2.30. The molecule has 4 aromatic heterocycles. The van der Waals surface area contributed by atoms with E-state index in [4.69, 9.17) is 0 Å². The van der Waals surface area contributed by atoms with E-state index in [0.29, 0.717) is 22.6 Å². The third-order valence-electron chi connectivity index (χ3n) is 7.82. The monoisotopic (exact) mass is 596 g/mol. The van der Waals surface area contributed by atoms with Gasteiger partial charge in [-0.25, -0.2) is 14.1 Å². The van der Waals surface area contributed by atoms with Gasteiger partial charge < -0.3 is 10.4 Å². The number of nitrogens with zero attached hydrogens (tertiary/aromatic N) is 9. The molecular formula is C30H29FN10O3. The first-order valence-corrected chi connectivity index (χ1v) is 13.8. The average Bonchev–Trinajstić information content (AvgIpc) is 3.40. The van der Waals surface area contributed by atoms with Crippen molar-refractivity contribution in [2.75, 3.05) is 18.9 Å². The van der Waals surface area contributed by atoms with E-state index in [1.807, 2.05) is 17.8 Å². The molecule has 14 heteroatoms. The summed E-state index contributed by atoms with van der Waals surface area (Å²) in [7, 11) is 3.53. The van der Waals surface area contributed by atoms with Crippen molar-refractivity contribution in [2.24, 2.45) is 7.05 Å². The topological polar surface area (TPSA) is 160 Å². The lowest BCUT2D eigenvalue weighted by molar-refractivity contribution is 0.259. The van der Waals surface area contributed by atoms with Gasteiger partial charge in [0.25, 0.3) is 11.1 Å². The highest BCUT2D eigenvalue weighted by Gasteiger charge is 2.24. The summed E-state index contributed by atoms with van der Waals surface area (Å²) in [5.41, 5.74) is 0.385. The van der Waals surface area contributed by atoms with Crippen LogP contribution in [-0.2, 0) is 32.2 Å². The molecule has 0 bridgehead atoms. The van der Waals surface area contributed by atoms with Gasteiger partial charge in [0.15, 0.2) is 11.6 Å². The smallest absolute Gasteiger partial charge is 0.290 e. The van der Waals surface area contributed by atoms with E-state index < -0.39 is 29.0 Å². The number of hydrogen-bond donors (Lipinski definition) is 2. The van der Waals surface area contributed by atoms with Gasteiger partial charge in [0.1, 0.15) is 11.5 Å². The molecule has 0 unspecified atom stereocenters. The highest BCUT2D eigenvalue weighted by atomic mass is 19.1. The molecule has 0 aliphatic carbocycles. The minimum atomic E-state index is -0.978. The Hall–Kier alpha value is -5.26. The van der Waals surface area contributed by atoms with E-state index in [1.165, 1.54) is 30.2 Å². The van der Waals surface area contributed by atoms with Crippen LogP contribution in [0.1, 0.15) is 30.7 Å². The van der Waals surface area contributed by atoms with Gasteiger partial charge in [-0.1, -0.05) is 0 Å². The number of nitrogens with one attached hydrogen (secondary N) is 1. The van der Waals surface area contributed by atoms with Gasteiger partial charge in [0.2, 0.25) is 0 Å². The molecule has 2 N–H and O–H groups in total. The van der Waals surface area contributed by atoms with Crippen LogP contribution in [0.3, 0.4) is 0 Å². The average molecular weight is 597 g/mol. The highest BCUT2D eigenvalue weighted by molar-refractivity contribution is 5.83. The number of pyridine rings is 1. The van der Waals surface area contributed by atoms with Crippen molar-refractivity contribution < 1.29 is 9.50 Å². The minimum absolute atomic E-state index is 0.0196. The Morgan fingerprint density at radius 3 is 2.66 bits per heavy atom. The number of aromatic nitrogens is 7. The molecule has 0 atom stereocenters. The van der Waals surface area contributed by atoms with Crippen LogP contribution < -0.4 is 16.4 Å². The molecule has 1 aliphatic rings. The number of aliphatic hydroxyl groups excluding tert-OH is 1. The Balaban J connectivity index is 1.44. The highest BCUT2D eigenvalue weighted by Crippen LogP contribution is 2.29. The quantitative estimate of drug-likeness (QED) is 0.298. The first-order chi connectivity index (χ1) is 21.0. The van der Waals surface area contributed by atoms with Gasteiger partial charge in [0.05, 0.1) is 47.6 Å². The summed E-state index contributed by atoms with van der Waals surface area (Å²) >= 11 is 0. The molecule has 13 nitrogen and oxygen atoms in total. The van der Waals surface area contributed by atoms with Crippen LogP contribution in [0.25, 0.3) is 27.8 Å². The second kappa shape index (κ2) is 10.8. The van der Waals surface area contributed by atoms with Crippen molar-refractivity contribution in [3.8, 4) is 23.1 Å². The molecule has 0 spiro atoms. The van der Waals surface area contributed by atoms with Crippen LogP contribution in [-0.4, -0.2) is 57.9 Å². The van der Waals surface area contributed by atoms with Crippen molar-refractivity contribution in [3.63, 3.8) is 0 Å². The van der Waals surface area contributed by atoms with Crippen molar-refractivity contribution in [1.82, 2.24) is 39.2 Å². The zero-order valence-electron chi connectivity index (χ0n) is 24.5. The summed E-state index contributed by atoms with van der Waals surface area (Å²) < 4.78 is 19.3. The number of aliphatic hydroxyl groups is 1. The molecular weight excluding hydrogens is 567 g/mol. The number of nitriles is 1. The molecule has 0 fully saturated rings. The number of hydrogen-bond acceptors (Lipinski definition) is 10. The molecule has 6 rings (SSSR count). The second-order valence-corrected chi connectivity index (χ2v) is 11.3. The zero-order chi connectivity index (χ0) is 31.3. The van der Waals surface area contributed by atoms with E-state index in [0.717, 1.165) is 30.0 Å². The number of benzene rings is 1.